The Morgan fingerprint density at radius 1 is 1.33 bits per heavy atom. The van der Waals surface area contributed by atoms with Gasteiger partial charge in [-0.2, -0.15) is 8.75 Å². The average Bonchev–Trinajstić information content (AvgIpc) is 2.90. The van der Waals surface area contributed by atoms with Gasteiger partial charge in [0, 0.05) is 5.69 Å². The average molecular weight is 337 g/mol. The van der Waals surface area contributed by atoms with Gasteiger partial charge in [-0.3, -0.25) is 0 Å². The van der Waals surface area contributed by atoms with E-state index in [1.54, 1.807) is 12.1 Å². The molecule has 3 N–H and O–H groups in total. The first-order chi connectivity index (χ1) is 10.0. The van der Waals surface area contributed by atoms with Gasteiger partial charge in [-0.05, 0) is 25.1 Å². The smallest absolute Gasteiger partial charge is 0.228 e. The molecule has 0 unspecified atom stereocenters. The number of nitrogens with zero attached hydrogens (tertiary/aromatic N) is 4. The highest BCUT2D eigenvalue weighted by Crippen LogP contribution is 2.31. The number of aryl methyl sites for hydroxylation is 1. The third kappa shape index (κ3) is 2.78. The van der Waals surface area contributed by atoms with E-state index < -0.39 is 0 Å². The quantitative estimate of drug-likeness (QED) is 0.711. The predicted molar refractivity (Wildman–Crippen MR) is 88.4 cm³/mol. The fraction of sp³-hybridized carbons (Fsp3) is 0.0833. The first-order valence-corrected chi connectivity index (χ1v) is 7.39. The maximum Gasteiger partial charge on any atom is 0.228 e. The number of halogens is 1. The molecule has 0 bridgehead atoms. The molecule has 106 valence electrons. The van der Waals surface area contributed by atoms with Crippen molar-refractivity contribution in [3.8, 4) is 0 Å². The Morgan fingerprint density at radius 3 is 2.90 bits per heavy atom. The second-order valence-electron chi connectivity index (χ2n) is 4.26. The molecule has 3 aromatic rings. The second kappa shape index (κ2) is 5.47. The van der Waals surface area contributed by atoms with Gasteiger partial charge in [0.15, 0.2) is 0 Å². The maximum atomic E-state index is 6.22. The van der Waals surface area contributed by atoms with Crippen LogP contribution in [0.5, 0.6) is 0 Å². The highest BCUT2D eigenvalue weighted by molar-refractivity contribution is 7.80. The summed E-state index contributed by atoms with van der Waals surface area (Å²) in [4.78, 5) is 8.78. The van der Waals surface area contributed by atoms with Crippen LogP contribution in [-0.4, -0.2) is 23.7 Å². The monoisotopic (exact) mass is 336 g/mol. The molecule has 0 spiro atoms. The Hall–Kier alpha value is -1.90. The molecule has 0 radical (unpaired) electrons. The van der Waals surface area contributed by atoms with Crippen molar-refractivity contribution >= 4 is 63.2 Å². The number of nitrogens with two attached hydrogens (primary N) is 1. The minimum absolute atomic E-state index is 0.211. The van der Waals surface area contributed by atoms with E-state index >= 15 is 0 Å². The number of hydrogen-bond acceptors (Lipinski definition) is 7. The fourth-order valence-corrected chi connectivity index (χ4v) is 2.66. The van der Waals surface area contributed by atoms with Crippen molar-refractivity contribution < 1.29 is 0 Å². The van der Waals surface area contributed by atoms with Crippen LogP contribution < -0.4 is 11.1 Å². The number of nitrogens with one attached hydrogen (secondary N) is 1. The Morgan fingerprint density at radius 2 is 2.14 bits per heavy atom. The van der Waals surface area contributed by atoms with E-state index in [2.05, 4.69) is 24.0 Å². The van der Waals surface area contributed by atoms with E-state index in [0.717, 1.165) is 22.9 Å². The second-order valence-corrected chi connectivity index (χ2v) is 5.64. The van der Waals surface area contributed by atoms with E-state index in [4.69, 9.17) is 29.6 Å². The van der Waals surface area contributed by atoms with Crippen molar-refractivity contribution in [2.24, 2.45) is 5.73 Å². The standard InChI is InChI=1S/C12H9ClN6S2/c1-5-4-8(11(14)20)16-12(15-5)17-9-6(13)2-3-7-10(9)19-21-18-7/h2-4H,1H3,(H2,14,20)(H,15,16,17). The van der Waals surface area contributed by atoms with Gasteiger partial charge in [0.25, 0.3) is 0 Å². The molecular weight excluding hydrogens is 328 g/mol. The lowest BCUT2D eigenvalue weighted by atomic mass is 10.2. The van der Waals surface area contributed by atoms with E-state index in [-0.39, 0.29) is 4.99 Å². The van der Waals surface area contributed by atoms with Crippen molar-refractivity contribution in [2.75, 3.05) is 5.32 Å². The van der Waals surface area contributed by atoms with Crippen LogP contribution in [0, 0.1) is 6.92 Å². The van der Waals surface area contributed by atoms with Crippen molar-refractivity contribution in [3.63, 3.8) is 0 Å². The number of hydrogen-bond donors (Lipinski definition) is 2. The molecule has 0 atom stereocenters. The molecule has 6 nitrogen and oxygen atoms in total. The molecule has 0 aliphatic rings. The summed E-state index contributed by atoms with van der Waals surface area (Å²) in [5.41, 5.74) is 8.91. The molecule has 2 aromatic heterocycles. The van der Waals surface area contributed by atoms with Crippen LogP contribution >= 0.6 is 35.5 Å². The van der Waals surface area contributed by atoms with Crippen LogP contribution in [0.2, 0.25) is 5.02 Å². The lowest BCUT2D eigenvalue weighted by Gasteiger charge is -2.09. The number of benzene rings is 1. The highest BCUT2D eigenvalue weighted by atomic mass is 35.5. The van der Waals surface area contributed by atoms with Gasteiger partial charge in [0.1, 0.15) is 21.7 Å². The van der Waals surface area contributed by atoms with E-state index in [9.17, 15) is 0 Å². The summed E-state index contributed by atoms with van der Waals surface area (Å²) in [5.74, 6) is 0.361. The number of fused-ring (bicyclic) bond motifs is 1. The van der Waals surface area contributed by atoms with Crippen LogP contribution in [0.1, 0.15) is 11.4 Å². The van der Waals surface area contributed by atoms with Crippen LogP contribution in [-0.2, 0) is 0 Å². The number of anilines is 2. The van der Waals surface area contributed by atoms with Crippen LogP contribution in [0.4, 0.5) is 11.6 Å². The molecule has 0 saturated carbocycles. The predicted octanol–water partition coefficient (Wildman–Crippen LogP) is 2.82. The minimum atomic E-state index is 0.211. The highest BCUT2D eigenvalue weighted by Gasteiger charge is 2.12. The number of thiocarbonyl (C=S) groups is 1. The normalized spacial score (nSPS) is 10.8. The molecule has 1 aromatic carbocycles. The molecule has 0 saturated heterocycles. The summed E-state index contributed by atoms with van der Waals surface area (Å²) in [6, 6.07) is 5.28. The van der Waals surface area contributed by atoms with Crippen molar-refractivity contribution in [1.29, 1.82) is 0 Å². The first kappa shape index (κ1) is 14.1. The lowest BCUT2D eigenvalue weighted by Crippen LogP contribution is -2.14. The summed E-state index contributed by atoms with van der Waals surface area (Å²) < 4.78 is 8.41. The number of rotatable bonds is 3. The molecule has 0 aliphatic carbocycles. The summed E-state index contributed by atoms with van der Waals surface area (Å²) in [6.07, 6.45) is 0. The minimum Gasteiger partial charge on any atom is -0.388 e. The van der Waals surface area contributed by atoms with Gasteiger partial charge in [-0.25, -0.2) is 9.97 Å². The molecule has 0 aliphatic heterocycles. The Kier molecular flexibility index (Phi) is 3.66. The fourth-order valence-electron chi connectivity index (χ4n) is 1.81. The van der Waals surface area contributed by atoms with Crippen LogP contribution in [0.25, 0.3) is 11.0 Å². The summed E-state index contributed by atoms with van der Waals surface area (Å²) in [7, 11) is 0. The SMILES string of the molecule is Cc1cc(C(N)=S)nc(Nc2c(Cl)ccc3nsnc23)n1. The molecule has 0 fully saturated rings. The first-order valence-electron chi connectivity index (χ1n) is 5.88. The zero-order valence-electron chi connectivity index (χ0n) is 10.8. The van der Waals surface area contributed by atoms with E-state index in [0.29, 0.717) is 27.9 Å². The topological polar surface area (TPSA) is 89.6 Å². The van der Waals surface area contributed by atoms with Crippen molar-refractivity contribution in [3.05, 3.63) is 34.6 Å². The third-order valence-corrected chi connectivity index (χ3v) is 3.79. The molecule has 0 amide bonds. The van der Waals surface area contributed by atoms with Gasteiger partial charge in [0.2, 0.25) is 5.95 Å². The van der Waals surface area contributed by atoms with E-state index in [1.165, 1.54) is 0 Å². The Labute approximate surface area is 134 Å². The van der Waals surface area contributed by atoms with Crippen LogP contribution in [0.15, 0.2) is 18.2 Å². The van der Waals surface area contributed by atoms with Gasteiger partial charge in [0.05, 0.1) is 22.4 Å². The van der Waals surface area contributed by atoms with Crippen molar-refractivity contribution in [1.82, 2.24) is 18.7 Å². The lowest BCUT2D eigenvalue weighted by molar-refractivity contribution is 1.09. The van der Waals surface area contributed by atoms with E-state index in [1.807, 2.05) is 13.0 Å². The van der Waals surface area contributed by atoms with Crippen molar-refractivity contribution in [2.45, 2.75) is 6.92 Å². The Balaban J connectivity index is 2.08. The zero-order chi connectivity index (χ0) is 15.0. The third-order valence-electron chi connectivity index (χ3n) is 2.72. The molecule has 21 heavy (non-hydrogen) atoms. The summed E-state index contributed by atoms with van der Waals surface area (Å²) in [6.45, 7) is 1.83. The molecule has 9 heteroatoms. The largest absolute Gasteiger partial charge is 0.388 e. The maximum absolute atomic E-state index is 6.22. The summed E-state index contributed by atoms with van der Waals surface area (Å²) >= 11 is 12.3. The van der Waals surface area contributed by atoms with Gasteiger partial charge < -0.3 is 11.1 Å². The molecular formula is C12H9ClN6S2. The van der Waals surface area contributed by atoms with Gasteiger partial charge in [-0.15, -0.1) is 0 Å². The Bertz CT molecular complexity index is 847. The molecule has 2 heterocycles. The molecule has 3 rings (SSSR count). The zero-order valence-corrected chi connectivity index (χ0v) is 13.2. The van der Waals surface area contributed by atoms with Gasteiger partial charge >= 0.3 is 0 Å². The number of aromatic nitrogens is 4. The van der Waals surface area contributed by atoms with Crippen LogP contribution in [0.3, 0.4) is 0 Å². The summed E-state index contributed by atoms with van der Waals surface area (Å²) in [5, 5.41) is 3.58. The van der Waals surface area contributed by atoms with Gasteiger partial charge in [-0.1, -0.05) is 23.8 Å².